The predicted molar refractivity (Wildman–Crippen MR) is 85.3 cm³/mol. The molecule has 0 fully saturated rings. The minimum absolute atomic E-state index is 0.601. The van der Waals surface area contributed by atoms with E-state index < -0.39 is 0 Å². The molecule has 0 heterocycles. The summed E-state index contributed by atoms with van der Waals surface area (Å²) in [6.07, 6.45) is 3.25. The first-order valence-corrected chi connectivity index (χ1v) is 7.25. The van der Waals surface area contributed by atoms with Crippen LogP contribution in [0.4, 0.5) is 0 Å². The van der Waals surface area contributed by atoms with Crippen molar-refractivity contribution in [2.45, 2.75) is 26.2 Å². The average Bonchev–Trinajstić information content (AvgIpc) is 2.55. The summed E-state index contributed by atoms with van der Waals surface area (Å²) in [4.78, 5) is 0. The third-order valence-corrected chi connectivity index (χ3v) is 3.39. The lowest BCUT2D eigenvalue weighted by Crippen LogP contribution is -1.99. The zero-order valence-electron chi connectivity index (χ0n) is 12.3. The van der Waals surface area contributed by atoms with Gasteiger partial charge in [-0.25, -0.2) is 0 Å². The maximum Gasteiger partial charge on any atom is 0.119 e. The molecule has 0 aliphatic rings. The van der Waals surface area contributed by atoms with Gasteiger partial charge in [0.1, 0.15) is 5.75 Å². The van der Waals surface area contributed by atoms with Crippen LogP contribution in [-0.4, -0.2) is 17.5 Å². The zero-order valence-corrected chi connectivity index (χ0v) is 12.3. The van der Waals surface area contributed by atoms with E-state index in [4.69, 9.17) is 9.94 Å². The van der Waals surface area contributed by atoms with Gasteiger partial charge in [0.25, 0.3) is 0 Å². The molecule has 2 rings (SSSR count). The van der Waals surface area contributed by atoms with E-state index in [2.05, 4.69) is 29.4 Å². The van der Waals surface area contributed by atoms with E-state index in [1.165, 1.54) is 5.56 Å². The third kappa shape index (κ3) is 4.95. The van der Waals surface area contributed by atoms with Gasteiger partial charge in [-0.15, -0.1) is 0 Å². The molecule has 0 amide bonds. The van der Waals surface area contributed by atoms with Crippen LogP contribution in [0.1, 0.15) is 30.9 Å². The van der Waals surface area contributed by atoms with Crippen molar-refractivity contribution in [2.24, 2.45) is 5.16 Å². The topological polar surface area (TPSA) is 41.8 Å². The first-order valence-electron chi connectivity index (χ1n) is 7.25. The monoisotopic (exact) mass is 283 g/mol. The Morgan fingerprint density at radius 2 is 1.71 bits per heavy atom. The molecule has 1 N–H and O–H groups in total. The van der Waals surface area contributed by atoms with Crippen molar-refractivity contribution in [2.75, 3.05) is 6.61 Å². The van der Waals surface area contributed by atoms with E-state index in [1.807, 2.05) is 30.3 Å². The fourth-order valence-electron chi connectivity index (χ4n) is 2.12. The summed E-state index contributed by atoms with van der Waals surface area (Å²) in [5, 5.41) is 11.9. The summed E-state index contributed by atoms with van der Waals surface area (Å²) in [5.41, 5.74) is 2.87. The Hall–Kier alpha value is -2.29. The number of hydrogen-bond acceptors (Lipinski definition) is 3. The fourth-order valence-corrected chi connectivity index (χ4v) is 2.12. The lowest BCUT2D eigenvalue weighted by atomic mass is 10.1. The minimum atomic E-state index is 0.601. The summed E-state index contributed by atoms with van der Waals surface area (Å²) < 4.78 is 5.71. The molecule has 21 heavy (non-hydrogen) atoms. The van der Waals surface area contributed by atoms with E-state index in [-0.39, 0.29) is 0 Å². The number of nitrogens with zero attached hydrogens (tertiary/aromatic N) is 1. The Balaban J connectivity index is 1.69. The molecule has 0 aliphatic heterocycles. The van der Waals surface area contributed by atoms with Crippen LogP contribution >= 0.6 is 0 Å². The molecule has 0 unspecified atom stereocenters. The molecular formula is C18H21NO2. The van der Waals surface area contributed by atoms with E-state index >= 15 is 0 Å². The van der Waals surface area contributed by atoms with Gasteiger partial charge in [-0.05, 0) is 61.6 Å². The molecule has 0 aliphatic carbocycles. The molecule has 3 heteroatoms. The minimum Gasteiger partial charge on any atom is -0.494 e. The Morgan fingerprint density at radius 3 is 2.38 bits per heavy atom. The van der Waals surface area contributed by atoms with Gasteiger partial charge in [-0.1, -0.05) is 35.5 Å². The molecule has 110 valence electrons. The summed E-state index contributed by atoms with van der Waals surface area (Å²) >= 11 is 0. The standard InChI is InChI=1S/C18H21NO2/c1-15(19-20)17-10-12-18(13-11-17)21-14-6-5-9-16-7-3-2-4-8-16/h2-4,7-8,10-13,20H,5-6,9,14H2,1H3/b19-15-. The number of aryl methyl sites for hydroxylation is 1. The summed E-state index contributed by atoms with van der Waals surface area (Å²) in [6, 6.07) is 18.1. The molecule has 0 spiro atoms. The van der Waals surface area contributed by atoms with Crippen LogP contribution < -0.4 is 4.74 Å². The van der Waals surface area contributed by atoms with Gasteiger partial charge in [0.05, 0.1) is 12.3 Å². The van der Waals surface area contributed by atoms with E-state index in [1.54, 1.807) is 6.92 Å². The van der Waals surface area contributed by atoms with Crippen LogP contribution in [0.5, 0.6) is 5.75 Å². The van der Waals surface area contributed by atoms with Crippen LogP contribution in [0, 0.1) is 0 Å². The number of oxime groups is 1. The van der Waals surface area contributed by atoms with Gasteiger partial charge in [0, 0.05) is 0 Å². The number of rotatable bonds is 7. The Bertz CT molecular complexity index is 562. The quantitative estimate of drug-likeness (QED) is 0.356. The maximum atomic E-state index is 8.71. The molecule has 0 bridgehead atoms. The van der Waals surface area contributed by atoms with E-state index in [0.717, 1.165) is 37.2 Å². The van der Waals surface area contributed by atoms with Crippen LogP contribution in [-0.2, 0) is 6.42 Å². The van der Waals surface area contributed by atoms with E-state index in [9.17, 15) is 0 Å². The van der Waals surface area contributed by atoms with Gasteiger partial charge in [-0.2, -0.15) is 0 Å². The molecule has 0 aromatic heterocycles. The zero-order chi connectivity index (χ0) is 14.9. The van der Waals surface area contributed by atoms with E-state index in [0.29, 0.717) is 5.71 Å². The number of hydrogen-bond donors (Lipinski definition) is 1. The molecule has 0 saturated carbocycles. The highest BCUT2D eigenvalue weighted by atomic mass is 16.5. The molecule has 0 radical (unpaired) electrons. The smallest absolute Gasteiger partial charge is 0.119 e. The normalized spacial score (nSPS) is 11.4. The molecule has 0 atom stereocenters. The van der Waals surface area contributed by atoms with Crippen LogP contribution in [0.15, 0.2) is 59.8 Å². The SMILES string of the molecule is C/C(=N/O)c1ccc(OCCCCc2ccccc2)cc1. The van der Waals surface area contributed by atoms with Crippen molar-refractivity contribution < 1.29 is 9.94 Å². The molecule has 0 saturated heterocycles. The van der Waals surface area contributed by atoms with Gasteiger partial charge in [0.2, 0.25) is 0 Å². The highest BCUT2D eigenvalue weighted by Gasteiger charge is 1.99. The fraction of sp³-hybridized carbons (Fsp3) is 0.278. The Labute approximate surface area is 125 Å². The summed E-state index contributed by atoms with van der Waals surface area (Å²) in [6.45, 7) is 2.48. The van der Waals surface area contributed by atoms with Gasteiger partial charge in [0.15, 0.2) is 0 Å². The van der Waals surface area contributed by atoms with Gasteiger partial charge < -0.3 is 9.94 Å². The van der Waals surface area contributed by atoms with Crippen molar-refractivity contribution in [3.8, 4) is 5.75 Å². The molecule has 2 aromatic rings. The Morgan fingerprint density at radius 1 is 1.00 bits per heavy atom. The lowest BCUT2D eigenvalue weighted by Gasteiger charge is -2.07. The summed E-state index contributed by atoms with van der Waals surface area (Å²) in [5.74, 6) is 0.851. The summed E-state index contributed by atoms with van der Waals surface area (Å²) in [7, 11) is 0. The number of unbranched alkanes of at least 4 members (excludes halogenated alkanes) is 1. The van der Waals surface area contributed by atoms with Crippen molar-refractivity contribution in [3.05, 3.63) is 65.7 Å². The number of ether oxygens (including phenoxy) is 1. The second kappa shape index (κ2) is 8.10. The van der Waals surface area contributed by atoms with Crippen LogP contribution in [0.3, 0.4) is 0 Å². The highest BCUT2D eigenvalue weighted by molar-refractivity contribution is 5.98. The lowest BCUT2D eigenvalue weighted by molar-refractivity contribution is 0.307. The van der Waals surface area contributed by atoms with Crippen molar-refractivity contribution in [1.29, 1.82) is 0 Å². The predicted octanol–water partition coefficient (Wildman–Crippen LogP) is 4.29. The maximum absolute atomic E-state index is 8.71. The Kier molecular flexibility index (Phi) is 5.83. The molecular weight excluding hydrogens is 262 g/mol. The van der Waals surface area contributed by atoms with Crippen molar-refractivity contribution in [1.82, 2.24) is 0 Å². The van der Waals surface area contributed by atoms with Crippen LogP contribution in [0.2, 0.25) is 0 Å². The second-order valence-electron chi connectivity index (χ2n) is 5.00. The second-order valence-corrected chi connectivity index (χ2v) is 5.00. The number of benzene rings is 2. The highest BCUT2D eigenvalue weighted by Crippen LogP contribution is 2.13. The largest absolute Gasteiger partial charge is 0.494 e. The van der Waals surface area contributed by atoms with Crippen LogP contribution in [0.25, 0.3) is 0 Å². The average molecular weight is 283 g/mol. The van der Waals surface area contributed by atoms with Gasteiger partial charge in [-0.3, -0.25) is 0 Å². The third-order valence-electron chi connectivity index (χ3n) is 3.39. The first-order chi connectivity index (χ1) is 10.3. The first kappa shape index (κ1) is 15.1. The van der Waals surface area contributed by atoms with Gasteiger partial charge >= 0.3 is 0 Å². The molecule has 3 nitrogen and oxygen atoms in total. The van der Waals surface area contributed by atoms with Crippen molar-refractivity contribution in [3.63, 3.8) is 0 Å². The van der Waals surface area contributed by atoms with Crippen molar-refractivity contribution >= 4 is 5.71 Å². The molecule has 2 aromatic carbocycles.